The molecule has 0 bridgehead atoms. The molecule has 0 amide bonds. The number of rotatable bonds is 11. The molecule has 178 valence electrons. The summed E-state index contributed by atoms with van der Waals surface area (Å²) >= 11 is 0. The second kappa shape index (κ2) is 11.9. The average Bonchev–Trinajstić information content (AvgIpc) is 2.80. The van der Waals surface area contributed by atoms with Crippen molar-refractivity contribution in [3.8, 4) is 0 Å². The van der Waals surface area contributed by atoms with E-state index in [-0.39, 0.29) is 17.2 Å². The van der Waals surface area contributed by atoms with Crippen molar-refractivity contribution in [2.24, 2.45) is 5.92 Å². The summed E-state index contributed by atoms with van der Waals surface area (Å²) in [6.07, 6.45) is 9.87. The fourth-order valence-electron chi connectivity index (χ4n) is 5.10. The molecule has 3 rings (SSSR count). The van der Waals surface area contributed by atoms with Crippen molar-refractivity contribution in [1.82, 2.24) is 0 Å². The van der Waals surface area contributed by atoms with E-state index in [4.69, 9.17) is 9.16 Å². The lowest BCUT2D eigenvalue weighted by Crippen LogP contribution is -2.66. The van der Waals surface area contributed by atoms with Crippen LogP contribution in [0.3, 0.4) is 0 Å². The lowest BCUT2D eigenvalue weighted by Gasteiger charge is -2.43. The Morgan fingerprint density at radius 1 is 1.06 bits per heavy atom. The van der Waals surface area contributed by atoms with Gasteiger partial charge >= 0.3 is 0 Å². The molecule has 0 saturated carbocycles. The standard InChI is InChI=1S/C29H40O3Si/c1-24(23-26-15-11-14-25(32-26)20-21-30)13-12-22-31-33(29(2,3)4,27-16-7-5-8-17-27)28-18-9-6-10-19-28/h5-11,14,16-19,21,24-26H,12-13,15,20,22-23H2,1-4H3/t24-,25-,26-/m0/s1. The van der Waals surface area contributed by atoms with Crippen LogP contribution in [-0.2, 0) is 14.0 Å². The highest BCUT2D eigenvalue weighted by atomic mass is 28.4. The quantitative estimate of drug-likeness (QED) is 0.186. The van der Waals surface area contributed by atoms with Gasteiger partial charge in [-0.25, -0.2) is 0 Å². The first kappa shape index (κ1) is 25.6. The number of benzene rings is 2. The zero-order chi connectivity index (χ0) is 23.7. The Hall–Kier alpha value is -2.01. The first-order chi connectivity index (χ1) is 15.9. The first-order valence-corrected chi connectivity index (χ1v) is 14.3. The molecule has 33 heavy (non-hydrogen) atoms. The van der Waals surface area contributed by atoms with Crippen LogP contribution in [0.15, 0.2) is 72.8 Å². The Morgan fingerprint density at radius 3 is 2.21 bits per heavy atom. The number of aldehydes is 1. The predicted octanol–water partition coefficient (Wildman–Crippen LogP) is 5.67. The van der Waals surface area contributed by atoms with Crippen molar-refractivity contribution in [3.63, 3.8) is 0 Å². The van der Waals surface area contributed by atoms with Crippen LogP contribution in [0.4, 0.5) is 0 Å². The third kappa shape index (κ3) is 6.53. The van der Waals surface area contributed by atoms with Gasteiger partial charge in [0.25, 0.3) is 8.32 Å². The lowest BCUT2D eigenvalue weighted by atomic mass is 9.95. The highest BCUT2D eigenvalue weighted by Gasteiger charge is 2.49. The maximum absolute atomic E-state index is 10.8. The molecule has 2 aromatic rings. The van der Waals surface area contributed by atoms with Crippen LogP contribution in [0, 0.1) is 5.92 Å². The van der Waals surface area contributed by atoms with Crippen LogP contribution in [-0.4, -0.2) is 33.4 Å². The summed E-state index contributed by atoms with van der Waals surface area (Å²) in [7, 11) is -2.45. The van der Waals surface area contributed by atoms with Gasteiger partial charge in [-0.2, -0.15) is 0 Å². The van der Waals surface area contributed by atoms with Crippen molar-refractivity contribution in [2.45, 2.75) is 77.0 Å². The van der Waals surface area contributed by atoms with Gasteiger partial charge in [-0.05, 0) is 47.0 Å². The summed E-state index contributed by atoms with van der Waals surface area (Å²) < 4.78 is 13.1. The molecule has 0 fully saturated rings. The van der Waals surface area contributed by atoms with Crippen LogP contribution in [0.1, 0.15) is 59.8 Å². The molecule has 0 aliphatic carbocycles. The fraction of sp³-hybridized carbons (Fsp3) is 0.483. The van der Waals surface area contributed by atoms with E-state index in [2.05, 4.69) is 94.4 Å². The molecular weight excluding hydrogens is 424 g/mol. The molecule has 3 atom stereocenters. The Kier molecular flexibility index (Phi) is 9.25. The van der Waals surface area contributed by atoms with Crippen molar-refractivity contribution < 1.29 is 14.0 Å². The number of carbonyl (C=O) groups excluding carboxylic acids is 1. The molecular formula is C29H40O3Si. The molecule has 1 aliphatic heterocycles. The van der Waals surface area contributed by atoms with Crippen molar-refractivity contribution >= 4 is 25.0 Å². The van der Waals surface area contributed by atoms with Crippen LogP contribution in [0.25, 0.3) is 0 Å². The van der Waals surface area contributed by atoms with Crippen LogP contribution in [0.5, 0.6) is 0 Å². The van der Waals surface area contributed by atoms with E-state index in [1.165, 1.54) is 10.4 Å². The Morgan fingerprint density at radius 2 is 1.67 bits per heavy atom. The highest BCUT2D eigenvalue weighted by Crippen LogP contribution is 2.37. The van der Waals surface area contributed by atoms with Crippen molar-refractivity contribution in [3.05, 3.63) is 72.8 Å². The topological polar surface area (TPSA) is 35.5 Å². The highest BCUT2D eigenvalue weighted by molar-refractivity contribution is 6.99. The van der Waals surface area contributed by atoms with Crippen LogP contribution < -0.4 is 10.4 Å². The summed E-state index contributed by atoms with van der Waals surface area (Å²) in [6, 6.07) is 21.7. The van der Waals surface area contributed by atoms with Gasteiger partial charge in [0.1, 0.15) is 6.29 Å². The van der Waals surface area contributed by atoms with Gasteiger partial charge in [-0.3, -0.25) is 0 Å². The van der Waals surface area contributed by atoms with E-state index in [9.17, 15) is 4.79 Å². The van der Waals surface area contributed by atoms with Crippen molar-refractivity contribution in [1.29, 1.82) is 0 Å². The molecule has 0 spiro atoms. The van der Waals surface area contributed by atoms with E-state index < -0.39 is 8.32 Å². The Bertz CT molecular complexity index is 833. The SMILES string of the molecule is C[C@@H](CCCO[Si](c1ccccc1)(c1ccccc1)C(C)(C)C)C[C@@H]1CC=C[C@@H](CC=O)O1. The number of ether oxygens (including phenoxy) is 1. The van der Waals surface area contributed by atoms with E-state index in [1.54, 1.807) is 0 Å². The molecule has 0 N–H and O–H groups in total. The molecule has 1 aliphatic rings. The minimum absolute atomic E-state index is 0.0111. The minimum atomic E-state index is -2.45. The average molecular weight is 465 g/mol. The van der Waals surface area contributed by atoms with Gasteiger partial charge in [0.05, 0.1) is 12.2 Å². The largest absolute Gasteiger partial charge is 0.407 e. The molecule has 1 heterocycles. The van der Waals surface area contributed by atoms with Crippen LogP contribution in [0.2, 0.25) is 5.04 Å². The zero-order valence-electron chi connectivity index (χ0n) is 20.7. The zero-order valence-corrected chi connectivity index (χ0v) is 21.7. The maximum Gasteiger partial charge on any atom is 0.261 e. The van der Waals surface area contributed by atoms with E-state index in [1.807, 2.05) is 6.08 Å². The molecule has 3 nitrogen and oxygen atoms in total. The van der Waals surface area contributed by atoms with Crippen molar-refractivity contribution in [2.75, 3.05) is 6.61 Å². The summed E-state index contributed by atoms with van der Waals surface area (Å²) in [5, 5.41) is 2.68. The maximum atomic E-state index is 10.8. The molecule has 0 aromatic heterocycles. The smallest absolute Gasteiger partial charge is 0.261 e. The van der Waals surface area contributed by atoms with Crippen LogP contribution >= 0.6 is 0 Å². The molecule has 0 radical (unpaired) electrons. The fourth-order valence-corrected chi connectivity index (χ4v) is 9.70. The second-order valence-corrected chi connectivity index (χ2v) is 14.7. The monoisotopic (exact) mass is 464 g/mol. The number of hydrogen-bond donors (Lipinski definition) is 0. The minimum Gasteiger partial charge on any atom is -0.407 e. The van der Waals surface area contributed by atoms with E-state index in [0.717, 1.165) is 38.6 Å². The summed E-state index contributed by atoms with van der Waals surface area (Å²) in [5.74, 6) is 0.557. The normalized spacial score (nSPS) is 19.9. The van der Waals surface area contributed by atoms with Gasteiger partial charge in [-0.1, -0.05) is 101 Å². The van der Waals surface area contributed by atoms with Gasteiger partial charge in [0.2, 0.25) is 0 Å². The Labute approximate surface area is 201 Å². The van der Waals surface area contributed by atoms with E-state index in [0.29, 0.717) is 12.3 Å². The Balaban J connectivity index is 1.65. The number of hydrogen-bond acceptors (Lipinski definition) is 3. The van der Waals surface area contributed by atoms with Gasteiger partial charge < -0.3 is 14.0 Å². The molecule has 0 saturated heterocycles. The third-order valence-electron chi connectivity index (χ3n) is 6.69. The van der Waals surface area contributed by atoms with E-state index >= 15 is 0 Å². The number of carbonyl (C=O) groups is 1. The third-order valence-corrected chi connectivity index (χ3v) is 11.7. The van der Waals surface area contributed by atoms with Gasteiger partial charge in [0, 0.05) is 13.0 Å². The predicted molar refractivity (Wildman–Crippen MR) is 140 cm³/mol. The lowest BCUT2D eigenvalue weighted by molar-refractivity contribution is -0.111. The van der Waals surface area contributed by atoms with Gasteiger partial charge in [-0.15, -0.1) is 0 Å². The second-order valence-electron chi connectivity index (χ2n) is 10.4. The first-order valence-electron chi connectivity index (χ1n) is 12.4. The molecule has 2 aromatic carbocycles. The summed E-state index contributed by atoms with van der Waals surface area (Å²) in [5.41, 5.74) is 0. The molecule has 0 unspecified atom stereocenters. The molecule has 4 heteroatoms. The summed E-state index contributed by atoms with van der Waals surface area (Å²) in [6.45, 7) is 10.0. The summed E-state index contributed by atoms with van der Waals surface area (Å²) in [4.78, 5) is 10.8. The van der Waals surface area contributed by atoms with Gasteiger partial charge in [0.15, 0.2) is 0 Å².